The first-order valence-corrected chi connectivity index (χ1v) is 5.71. The summed E-state index contributed by atoms with van der Waals surface area (Å²) in [6.07, 6.45) is 0. The molecular weight excluding hydrogens is 252 g/mol. The fourth-order valence-electron chi connectivity index (χ4n) is 1.74. The van der Waals surface area contributed by atoms with E-state index in [0.717, 1.165) is 4.90 Å². The van der Waals surface area contributed by atoms with Crippen LogP contribution in [-0.4, -0.2) is 23.1 Å². The molecule has 18 heavy (non-hydrogen) atoms. The van der Waals surface area contributed by atoms with Gasteiger partial charge >= 0.3 is 6.03 Å². The summed E-state index contributed by atoms with van der Waals surface area (Å²) in [5.41, 5.74) is 6.35. The lowest BCUT2D eigenvalue weighted by atomic mass is 10.2. The second kappa shape index (κ2) is 4.61. The first kappa shape index (κ1) is 12.3. The van der Waals surface area contributed by atoms with Gasteiger partial charge in [0.15, 0.2) is 5.11 Å². The highest BCUT2D eigenvalue weighted by Gasteiger charge is 2.37. The van der Waals surface area contributed by atoms with Crippen LogP contribution in [0, 0.1) is 0 Å². The molecule has 0 aliphatic carbocycles. The van der Waals surface area contributed by atoms with Crippen molar-refractivity contribution in [2.75, 3.05) is 10.2 Å². The normalized spacial score (nSPS) is 18.7. The van der Waals surface area contributed by atoms with Crippen molar-refractivity contribution in [1.82, 2.24) is 5.32 Å². The highest BCUT2D eigenvalue weighted by atomic mass is 32.1. The van der Waals surface area contributed by atoms with Gasteiger partial charge in [0.1, 0.15) is 6.04 Å². The van der Waals surface area contributed by atoms with E-state index < -0.39 is 12.1 Å². The second-order valence-electron chi connectivity index (χ2n) is 3.85. The zero-order valence-corrected chi connectivity index (χ0v) is 10.5. The molecule has 1 aromatic carbocycles. The number of benzene rings is 1. The lowest BCUT2D eigenvalue weighted by Crippen LogP contribution is -2.32. The molecule has 1 aromatic rings. The molecule has 94 valence electrons. The Hall–Kier alpha value is -2.15. The van der Waals surface area contributed by atoms with Crippen LogP contribution in [0.15, 0.2) is 24.3 Å². The van der Waals surface area contributed by atoms with Gasteiger partial charge in [-0.3, -0.25) is 4.79 Å². The lowest BCUT2D eigenvalue weighted by molar-refractivity contribution is -0.117. The minimum absolute atomic E-state index is 0.0718. The van der Waals surface area contributed by atoms with Gasteiger partial charge in [0.2, 0.25) is 0 Å². The van der Waals surface area contributed by atoms with E-state index >= 15 is 0 Å². The number of rotatable bonds is 2. The van der Waals surface area contributed by atoms with Crippen LogP contribution in [0.1, 0.15) is 6.92 Å². The third-order valence-electron chi connectivity index (χ3n) is 2.54. The number of anilines is 2. The van der Waals surface area contributed by atoms with E-state index in [-0.39, 0.29) is 11.0 Å². The van der Waals surface area contributed by atoms with Gasteiger partial charge in [0.25, 0.3) is 5.91 Å². The predicted molar refractivity (Wildman–Crippen MR) is 72.3 cm³/mol. The van der Waals surface area contributed by atoms with Crippen LogP contribution in [0.5, 0.6) is 0 Å². The van der Waals surface area contributed by atoms with E-state index in [1.807, 2.05) is 0 Å². The van der Waals surface area contributed by atoms with E-state index in [4.69, 9.17) is 18.0 Å². The number of urea groups is 1. The van der Waals surface area contributed by atoms with Gasteiger partial charge in [-0.2, -0.15) is 0 Å². The fraction of sp³-hybridized carbons (Fsp3) is 0.182. The molecule has 3 amide bonds. The Morgan fingerprint density at radius 1 is 1.44 bits per heavy atom. The number of nitrogens with two attached hydrogens (primary N) is 1. The standard InChI is InChI=1S/C11H12N4O2S/c1-6-9(16)15(11(17)13-6)8-5-3-2-4-7(8)14-10(12)18/h2-6H,1H3,(H,13,17)(H3,12,14,18). The Kier molecular flexibility index (Phi) is 3.15. The van der Waals surface area contributed by atoms with Gasteiger partial charge in [-0.15, -0.1) is 0 Å². The first-order chi connectivity index (χ1) is 8.50. The van der Waals surface area contributed by atoms with Crippen LogP contribution < -0.4 is 21.3 Å². The summed E-state index contributed by atoms with van der Waals surface area (Å²) in [4.78, 5) is 24.7. The Bertz CT molecular complexity index is 532. The number of nitrogens with zero attached hydrogens (tertiary/aromatic N) is 1. The summed E-state index contributed by atoms with van der Waals surface area (Å²) in [6, 6.07) is 5.84. The molecule has 4 N–H and O–H groups in total. The summed E-state index contributed by atoms with van der Waals surface area (Å²) in [5.74, 6) is -0.308. The van der Waals surface area contributed by atoms with Crippen molar-refractivity contribution < 1.29 is 9.59 Å². The van der Waals surface area contributed by atoms with E-state index in [1.54, 1.807) is 31.2 Å². The largest absolute Gasteiger partial charge is 0.376 e. The van der Waals surface area contributed by atoms with E-state index in [0.29, 0.717) is 11.4 Å². The Morgan fingerprint density at radius 2 is 2.11 bits per heavy atom. The highest BCUT2D eigenvalue weighted by Crippen LogP contribution is 2.28. The van der Waals surface area contributed by atoms with Crippen LogP contribution in [0.4, 0.5) is 16.2 Å². The van der Waals surface area contributed by atoms with Crippen LogP contribution >= 0.6 is 12.2 Å². The molecule has 2 rings (SSSR count). The molecule has 1 fully saturated rings. The van der Waals surface area contributed by atoms with Crippen LogP contribution in [0.25, 0.3) is 0 Å². The van der Waals surface area contributed by atoms with Crippen molar-refractivity contribution >= 4 is 40.6 Å². The zero-order valence-electron chi connectivity index (χ0n) is 9.64. The van der Waals surface area contributed by atoms with Gasteiger partial charge in [-0.1, -0.05) is 12.1 Å². The molecule has 0 aromatic heterocycles. The number of amides is 3. The molecule has 0 radical (unpaired) electrons. The maximum Gasteiger partial charge on any atom is 0.329 e. The predicted octanol–water partition coefficient (Wildman–Crippen LogP) is 0.787. The maximum absolute atomic E-state index is 11.9. The second-order valence-corrected chi connectivity index (χ2v) is 4.29. The van der Waals surface area contributed by atoms with Crippen molar-refractivity contribution in [2.24, 2.45) is 5.73 Å². The van der Waals surface area contributed by atoms with Crippen LogP contribution in [0.2, 0.25) is 0 Å². The number of hydrogen-bond donors (Lipinski definition) is 3. The van der Waals surface area contributed by atoms with Gasteiger partial charge in [-0.05, 0) is 31.3 Å². The Labute approximate surface area is 109 Å². The van der Waals surface area contributed by atoms with Gasteiger partial charge in [0, 0.05) is 0 Å². The fourth-order valence-corrected chi connectivity index (χ4v) is 1.85. The minimum atomic E-state index is -0.532. The summed E-state index contributed by atoms with van der Waals surface area (Å²) in [6.45, 7) is 1.63. The number of imide groups is 1. The van der Waals surface area contributed by atoms with E-state index in [1.165, 1.54) is 0 Å². The van der Waals surface area contributed by atoms with Gasteiger partial charge in [0.05, 0.1) is 11.4 Å². The summed E-state index contributed by atoms with van der Waals surface area (Å²) < 4.78 is 0. The quantitative estimate of drug-likeness (QED) is 0.543. The van der Waals surface area contributed by atoms with Crippen molar-refractivity contribution in [3.63, 3.8) is 0 Å². The van der Waals surface area contributed by atoms with Gasteiger partial charge in [-0.25, -0.2) is 9.69 Å². The molecule has 1 saturated heterocycles. The Morgan fingerprint density at radius 3 is 2.67 bits per heavy atom. The molecular formula is C11H12N4O2S. The molecule has 0 saturated carbocycles. The topological polar surface area (TPSA) is 87.5 Å². The number of thiocarbonyl (C=S) groups is 1. The molecule has 1 heterocycles. The van der Waals surface area contributed by atoms with Crippen LogP contribution in [-0.2, 0) is 4.79 Å². The summed E-state index contributed by atoms with van der Waals surface area (Å²) in [7, 11) is 0. The molecule has 1 unspecified atom stereocenters. The van der Waals surface area contributed by atoms with E-state index in [9.17, 15) is 9.59 Å². The lowest BCUT2D eigenvalue weighted by Gasteiger charge is -2.17. The monoisotopic (exact) mass is 264 g/mol. The minimum Gasteiger partial charge on any atom is -0.376 e. The number of hydrogen-bond acceptors (Lipinski definition) is 3. The molecule has 0 spiro atoms. The van der Waals surface area contributed by atoms with Crippen molar-refractivity contribution in [2.45, 2.75) is 13.0 Å². The zero-order chi connectivity index (χ0) is 13.3. The van der Waals surface area contributed by atoms with E-state index in [2.05, 4.69) is 10.6 Å². The first-order valence-electron chi connectivity index (χ1n) is 5.30. The number of para-hydroxylation sites is 2. The number of nitrogens with one attached hydrogen (secondary N) is 2. The molecule has 1 aliphatic heterocycles. The third kappa shape index (κ3) is 2.12. The molecule has 6 nitrogen and oxygen atoms in total. The Balaban J connectivity index is 2.42. The summed E-state index contributed by atoms with van der Waals surface area (Å²) in [5, 5.41) is 5.35. The molecule has 7 heteroatoms. The highest BCUT2D eigenvalue weighted by molar-refractivity contribution is 7.80. The average molecular weight is 264 g/mol. The van der Waals surface area contributed by atoms with Crippen molar-refractivity contribution in [3.05, 3.63) is 24.3 Å². The van der Waals surface area contributed by atoms with Crippen molar-refractivity contribution in [3.8, 4) is 0 Å². The molecule has 0 bridgehead atoms. The SMILES string of the molecule is CC1NC(=O)N(c2ccccc2NC(N)=S)C1=O. The third-order valence-corrected chi connectivity index (χ3v) is 2.64. The molecule has 1 aliphatic rings. The number of carbonyl (C=O) groups is 2. The average Bonchev–Trinajstić information content (AvgIpc) is 2.54. The van der Waals surface area contributed by atoms with Gasteiger partial charge < -0.3 is 16.4 Å². The van der Waals surface area contributed by atoms with Crippen molar-refractivity contribution in [1.29, 1.82) is 0 Å². The van der Waals surface area contributed by atoms with Crippen LogP contribution in [0.3, 0.4) is 0 Å². The number of carbonyl (C=O) groups excluding carboxylic acids is 2. The summed E-state index contributed by atoms with van der Waals surface area (Å²) >= 11 is 4.76. The smallest absolute Gasteiger partial charge is 0.329 e. The molecule has 1 atom stereocenters. The maximum atomic E-state index is 11.9.